The Hall–Kier alpha value is -2.39. The first kappa shape index (κ1) is 13.6. The smallest absolute Gasteiger partial charge is 0.206 e. The zero-order chi connectivity index (χ0) is 14.9. The summed E-state index contributed by atoms with van der Waals surface area (Å²) in [4.78, 5) is 0.607. The SMILES string of the molecule is C=Cc1ccc(S(=O)(=O)c2ccc3ccccc3c2)cc1. The molecule has 0 heterocycles. The zero-order valence-electron chi connectivity index (χ0n) is 11.4. The molecule has 104 valence electrons. The van der Waals surface area contributed by atoms with Gasteiger partial charge in [-0.3, -0.25) is 0 Å². The van der Waals surface area contributed by atoms with Crippen LogP contribution in [0.4, 0.5) is 0 Å². The summed E-state index contributed by atoms with van der Waals surface area (Å²) in [6.45, 7) is 3.67. The van der Waals surface area contributed by atoms with Crippen molar-refractivity contribution < 1.29 is 8.42 Å². The third-order valence-corrected chi connectivity index (χ3v) is 5.22. The van der Waals surface area contributed by atoms with Crippen LogP contribution >= 0.6 is 0 Å². The van der Waals surface area contributed by atoms with Gasteiger partial charge in [0.05, 0.1) is 9.79 Å². The number of sulfone groups is 1. The van der Waals surface area contributed by atoms with Gasteiger partial charge < -0.3 is 0 Å². The number of fused-ring (bicyclic) bond motifs is 1. The molecule has 0 saturated heterocycles. The van der Waals surface area contributed by atoms with Gasteiger partial charge in [0.25, 0.3) is 0 Å². The molecule has 0 radical (unpaired) electrons. The highest BCUT2D eigenvalue weighted by Crippen LogP contribution is 2.25. The lowest BCUT2D eigenvalue weighted by Crippen LogP contribution is -2.01. The highest BCUT2D eigenvalue weighted by atomic mass is 32.2. The van der Waals surface area contributed by atoms with E-state index in [1.54, 1.807) is 42.5 Å². The summed E-state index contributed by atoms with van der Waals surface area (Å²) in [5.74, 6) is 0. The van der Waals surface area contributed by atoms with E-state index in [0.29, 0.717) is 9.79 Å². The summed E-state index contributed by atoms with van der Waals surface area (Å²) < 4.78 is 25.3. The van der Waals surface area contributed by atoms with Crippen molar-refractivity contribution in [2.45, 2.75) is 9.79 Å². The van der Waals surface area contributed by atoms with E-state index in [0.717, 1.165) is 16.3 Å². The van der Waals surface area contributed by atoms with E-state index in [1.165, 1.54) is 0 Å². The molecule has 3 heteroatoms. The second-order valence-electron chi connectivity index (χ2n) is 4.79. The molecule has 0 unspecified atom stereocenters. The molecule has 0 amide bonds. The molecular formula is C18H14O2S. The first-order chi connectivity index (χ1) is 10.1. The van der Waals surface area contributed by atoms with Gasteiger partial charge in [0.15, 0.2) is 0 Å². The van der Waals surface area contributed by atoms with E-state index in [-0.39, 0.29) is 0 Å². The fourth-order valence-electron chi connectivity index (χ4n) is 2.25. The van der Waals surface area contributed by atoms with Crippen molar-refractivity contribution in [2.24, 2.45) is 0 Å². The Kier molecular flexibility index (Phi) is 3.35. The predicted molar refractivity (Wildman–Crippen MR) is 85.9 cm³/mol. The number of hydrogen-bond acceptors (Lipinski definition) is 2. The van der Waals surface area contributed by atoms with Crippen LogP contribution in [-0.2, 0) is 9.84 Å². The highest BCUT2D eigenvalue weighted by Gasteiger charge is 2.17. The summed E-state index contributed by atoms with van der Waals surface area (Å²) in [5, 5.41) is 1.94. The molecule has 3 aromatic carbocycles. The first-order valence-electron chi connectivity index (χ1n) is 6.58. The molecule has 0 aliphatic carbocycles. The van der Waals surface area contributed by atoms with Gasteiger partial charge in [-0.1, -0.05) is 55.1 Å². The van der Waals surface area contributed by atoms with Crippen LogP contribution in [0.15, 0.2) is 83.1 Å². The predicted octanol–water partition coefficient (Wildman–Crippen LogP) is 4.32. The van der Waals surface area contributed by atoms with E-state index in [1.807, 2.05) is 30.3 Å². The largest absolute Gasteiger partial charge is 0.219 e. The molecule has 0 saturated carbocycles. The Morgan fingerprint density at radius 3 is 2.05 bits per heavy atom. The van der Waals surface area contributed by atoms with Crippen molar-refractivity contribution in [1.82, 2.24) is 0 Å². The lowest BCUT2D eigenvalue weighted by molar-refractivity contribution is 0.596. The van der Waals surface area contributed by atoms with Crippen LogP contribution in [0.3, 0.4) is 0 Å². The monoisotopic (exact) mass is 294 g/mol. The van der Waals surface area contributed by atoms with Crippen LogP contribution in [0.5, 0.6) is 0 Å². The molecule has 0 aliphatic rings. The standard InChI is InChI=1S/C18H14O2S/c1-2-14-7-10-17(11-8-14)21(19,20)18-12-9-15-5-3-4-6-16(15)13-18/h2-13H,1H2. The summed E-state index contributed by atoms with van der Waals surface area (Å²) in [7, 11) is -3.49. The maximum Gasteiger partial charge on any atom is 0.206 e. The lowest BCUT2D eigenvalue weighted by atomic mass is 10.1. The molecule has 0 aromatic heterocycles. The fraction of sp³-hybridized carbons (Fsp3) is 0. The molecule has 0 bridgehead atoms. The van der Waals surface area contributed by atoms with Crippen molar-refractivity contribution in [3.8, 4) is 0 Å². The van der Waals surface area contributed by atoms with Gasteiger partial charge >= 0.3 is 0 Å². The van der Waals surface area contributed by atoms with Crippen LogP contribution in [0.25, 0.3) is 16.8 Å². The van der Waals surface area contributed by atoms with Crippen LogP contribution in [0.1, 0.15) is 5.56 Å². The molecule has 0 aliphatic heterocycles. The van der Waals surface area contributed by atoms with Crippen molar-refractivity contribution in [3.05, 3.63) is 78.9 Å². The van der Waals surface area contributed by atoms with Crippen molar-refractivity contribution in [1.29, 1.82) is 0 Å². The second kappa shape index (κ2) is 5.19. The summed E-state index contributed by atoms with van der Waals surface area (Å²) in [5.41, 5.74) is 0.896. The highest BCUT2D eigenvalue weighted by molar-refractivity contribution is 7.91. The van der Waals surface area contributed by atoms with E-state index >= 15 is 0 Å². The Morgan fingerprint density at radius 2 is 1.38 bits per heavy atom. The molecule has 0 fully saturated rings. The van der Waals surface area contributed by atoms with Gasteiger partial charge in [0.2, 0.25) is 9.84 Å². The normalized spacial score (nSPS) is 11.4. The molecule has 3 rings (SSSR count). The van der Waals surface area contributed by atoms with Gasteiger partial charge in [-0.05, 0) is 40.6 Å². The second-order valence-corrected chi connectivity index (χ2v) is 6.74. The lowest BCUT2D eigenvalue weighted by Gasteiger charge is -2.06. The van der Waals surface area contributed by atoms with Gasteiger partial charge in [-0.2, -0.15) is 0 Å². The number of benzene rings is 3. The molecule has 0 atom stereocenters. The van der Waals surface area contributed by atoms with E-state index in [2.05, 4.69) is 6.58 Å². The van der Waals surface area contributed by atoms with Gasteiger partial charge in [-0.25, -0.2) is 8.42 Å². The third kappa shape index (κ3) is 2.48. The molecule has 2 nitrogen and oxygen atoms in total. The minimum atomic E-state index is -3.49. The average molecular weight is 294 g/mol. The number of hydrogen-bond donors (Lipinski definition) is 0. The zero-order valence-corrected chi connectivity index (χ0v) is 12.2. The number of rotatable bonds is 3. The molecule has 3 aromatic rings. The Labute approximate surface area is 124 Å². The summed E-state index contributed by atoms with van der Waals surface area (Å²) in [6, 6.07) is 19.6. The Balaban J connectivity index is 2.12. The van der Waals surface area contributed by atoms with Crippen molar-refractivity contribution in [3.63, 3.8) is 0 Å². The van der Waals surface area contributed by atoms with Gasteiger partial charge in [-0.15, -0.1) is 0 Å². The fourth-order valence-corrected chi connectivity index (χ4v) is 3.55. The molecule has 0 spiro atoms. The Bertz CT molecular complexity index is 907. The molecule has 0 N–H and O–H groups in total. The maximum absolute atomic E-state index is 12.7. The molecule has 21 heavy (non-hydrogen) atoms. The topological polar surface area (TPSA) is 34.1 Å². The van der Waals surface area contributed by atoms with Crippen LogP contribution in [0, 0.1) is 0 Å². The maximum atomic E-state index is 12.7. The van der Waals surface area contributed by atoms with E-state index in [9.17, 15) is 8.42 Å². The van der Waals surface area contributed by atoms with Crippen molar-refractivity contribution in [2.75, 3.05) is 0 Å². The molecular weight excluding hydrogens is 280 g/mol. The van der Waals surface area contributed by atoms with Crippen LogP contribution in [-0.4, -0.2) is 8.42 Å². The first-order valence-corrected chi connectivity index (χ1v) is 8.06. The van der Waals surface area contributed by atoms with Gasteiger partial charge in [0.1, 0.15) is 0 Å². The minimum Gasteiger partial charge on any atom is -0.219 e. The van der Waals surface area contributed by atoms with E-state index in [4.69, 9.17) is 0 Å². The van der Waals surface area contributed by atoms with E-state index < -0.39 is 9.84 Å². The Morgan fingerprint density at radius 1 is 0.762 bits per heavy atom. The quantitative estimate of drug-likeness (QED) is 0.721. The van der Waals surface area contributed by atoms with Crippen molar-refractivity contribution >= 4 is 26.7 Å². The average Bonchev–Trinajstić information content (AvgIpc) is 2.54. The third-order valence-electron chi connectivity index (χ3n) is 3.46. The van der Waals surface area contributed by atoms with Crippen LogP contribution in [0.2, 0.25) is 0 Å². The van der Waals surface area contributed by atoms with Crippen LogP contribution < -0.4 is 0 Å². The van der Waals surface area contributed by atoms with Gasteiger partial charge in [0, 0.05) is 0 Å². The summed E-state index contributed by atoms with van der Waals surface area (Å²) in [6.07, 6.45) is 1.69. The summed E-state index contributed by atoms with van der Waals surface area (Å²) >= 11 is 0. The minimum absolute atomic E-state index is 0.295.